The molecule has 1 aliphatic heterocycles. The van der Waals surface area contributed by atoms with Crippen LogP contribution in [0.4, 0.5) is 5.69 Å². The third-order valence-corrected chi connectivity index (χ3v) is 3.72. The quantitative estimate of drug-likeness (QED) is 0.493. The van der Waals surface area contributed by atoms with Crippen molar-refractivity contribution in [1.29, 1.82) is 0 Å². The molecular weight excluding hydrogens is 310 g/mol. The van der Waals surface area contributed by atoms with Gasteiger partial charge in [0.2, 0.25) is 0 Å². The first-order valence-corrected chi connectivity index (χ1v) is 7.86. The van der Waals surface area contributed by atoms with Crippen LogP contribution in [0, 0.1) is 0 Å². The Kier molecular flexibility index (Phi) is 5.65. The smallest absolute Gasteiger partial charge is 0.263 e. The van der Waals surface area contributed by atoms with Crippen LogP contribution in [0.5, 0.6) is 0 Å². The summed E-state index contributed by atoms with van der Waals surface area (Å²) in [4.78, 5) is 25.6. The van der Waals surface area contributed by atoms with Crippen molar-refractivity contribution in [2.24, 2.45) is 0 Å². The van der Waals surface area contributed by atoms with Gasteiger partial charge in [-0.3, -0.25) is 20.2 Å². The Hall–Kier alpha value is -2.47. The summed E-state index contributed by atoms with van der Waals surface area (Å²) in [5.41, 5.74) is 2.20. The van der Waals surface area contributed by atoms with Gasteiger partial charge in [0, 0.05) is 18.8 Å². The Balaban J connectivity index is 2.08. The van der Waals surface area contributed by atoms with Gasteiger partial charge in [0.25, 0.3) is 11.8 Å². The SMILES string of the molecule is CCN(CC)c1ccc(C=CC=C2C(=O)NC(=S)NC2=O)cc1. The van der Waals surface area contributed by atoms with Gasteiger partial charge < -0.3 is 4.90 Å². The molecule has 5 nitrogen and oxygen atoms in total. The van der Waals surface area contributed by atoms with Crippen molar-refractivity contribution in [3.8, 4) is 0 Å². The van der Waals surface area contributed by atoms with Gasteiger partial charge >= 0.3 is 0 Å². The number of hydrogen-bond donors (Lipinski definition) is 2. The molecule has 0 bridgehead atoms. The molecule has 2 amide bonds. The number of allylic oxidation sites excluding steroid dienone is 2. The zero-order valence-corrected chi connectivity index (χ0v) is 13.9. The molecule has 0 atom stereocenters. The van der Waals surface area contributed by atoms with E-state index in [2.05, 4.69) is 41.5 Å². The molecule has 1 aromatic rings. The molecule has 1 fully saturated rings. The molecule has 1 aliphatic rings. The van der Waals surface area contributed by atoms with Crippen molar-refractivity contribution in [3.05, 3.63) is 47.6 Å². The second-order valence-corrected chi connectivity index (χ2v) is 5.35. The van der Waals surface area contributed by atoms with Gasteiger partial charge in [0.1, 0.15) is 5.57 Å². The normalized spacial score (nSPS) is 14.7. The summed E-state index contributed by atoms with van der Waals surface area (Å²) in [6.07, 6.45) is 4.99. The second kappa shape index (κ2) is 7.69. The molecule has 0 saturated carbocycles. The monoisotopic (exact) mass is 329 g/mol. The van der Waals surface area contributed by atoms with Crippen molar-refractivity contribution in [2.45, 2.75) is 13.8 Å². The average molecular weight is 329 g/mol. The Morgan fingerprint density at radius 3 is 2.13 bits per heavy atom. The van der Waals surface area contributed by atoms with Crippen LogP contribution in [0.3, 0.4) is 0 Å². The Morgan fingerprint density at radius 1 is 1.04 bits per heavy atom. The van der Waals surface area contributed by atoms with Gasteiger partial charge in [-0.1, -0.05) is 24.3 Å². The number of carbonyl (C=O) groups is 2. The minimum atomic E-state index is -0.486. The van der Waals surface area contributed by atoms with Gasteiger partial charge in [-0.2, -0.15) is 0 Å². The molecule has 0 aliphatic carbocycles. The van der Waals surface area contributed by atoms with Crippen molar-refractivity contribution >= 4 is 40.9 Å². The molecule has 0 aromatic heterocycles. The third kappa shape index (κ3) is 4.26. The zero-order chi connectivity index (χ0) is 16.8. The largest absolute Gasteiger partial charge is 0.372 e. The van der Waals surface area contributed by atoms with Crippen LogP contribution < -0.4 is 15.5 Å². The molecular formula is C17H19N3O2S. The summed E-state index contributed by atoms with van der Waals surface area (Å²) < 4.78 is 0. The fourth-order valence-corrected chi connectivity index (χ4v) is 2.45. The van der Waals surface area contributed by atoms with E-state index in [1.807, 2.05) is 18.2 Å². The van der Waals surface area contributed by atoms with E-state index in [0.717, 1.165) is 18.7 Å². The number of benzene rings is 1. The summed E-state index contributed by atoms with van der Waals surface area (Å²) in [5, 5.41) is 4.82. The van der Waals surface area contributed by atoms with E-state index < -0.39 is 11.8 Å². The summed E-state index contributed by atoms with van der Waals surface area (Å²) in [6.45, 7) is 6.17. The summed E-state index contributed by atoms with van der Waals surface area (Å²) >= 11 is 4.74. The van der Waals surface area contributed by atoms with Crippen molar-refractivity contribution in [3.63, 3.8) is 0 Å². The van der Waals surface area contributed by atoms with E-state index in [9.17, 15) is 9.59 Å². The van der Waals surface area contributed by atoms with E-state index in [1.165, 1.54) is 11.8 Å². The molecule has 0 spiro atoms. The third-order valence-electron chi connectivity index (χ3n) is 3.52. The van der Waals surface area contributed by atoms with Gasteiger partial charge in [-0.15, -0.1) is 0 Å². The number of nitrogens with one attached hydrogen (secondary N) is 2. The highest BCUT2D eigenvalue weighted by Gasteiger charge is 2.24. The molecule has 6 heteroatoms. The standard InChI is InChI=1S/C17H19N3O2S/c1-3-20(4-2)13-10-8-12(9-11-13)6-5-7-14-15(21)18-17(23)19-16(14)22/h5-11H,3-4H2,1-2H3,(H2,18,19,21,22,23). The number of hydrogen-bond acceptors (Lipinski definition) is 4. The minimum Gasteiger partial charge on any atom is -0.372 e. The number of anilines is 1. The van der Waals surface area contributed by atoms with Crippen molar-refractivity contribution in [1.82, 2.24) is 10.6 Å². The lowest BCUT2D eigenvalue weighted by Gasteiger charge is -2.20. The highest BCUT2D eigenvalue weighted by atomic mass is 32.1. The van der Waals surface area contributed by atoms with E-state index in [1.54, 1.807) is 6.08 Å². The lowest BCUT2D eigenvalue weighted by atomic mass is 10.1. The maximum atomic E-state index is 11.7. The zero-order valence-electron chi connectivity index (χ0n) is 13.1. The van der Waals surface area contributed by atoms with Crippen LogP contribution in [-0.2, 0) is 9.59 Å². The lowest BCUT2D eigenvalue weighted by Crippen LogP contribution is -2.51. The molecule has 0 unspecified atom stereocenters. The van der Waals surface area contributed by atoms with E-state index in [4.69, 9.17) is 12.2 Å². The maximum Gasteiger partial charge on any atom is 0.263 e. The summed E-state index contributed by atoms with van der Waals surface area (Å²) in [5.74, 6) is -0.972. The van der Waals surface area contributed by atoms with Crippen molar-refractivity contribution < 1.29 is 9.59 Å². The first-order chi connectivity index (χ1) is 11.0. The molecule has 23 heavy (non-hydrogen) atoms. The first kappa shape index (κ1) is 16.9. The predicted octanol–water partition coefficient (Wildman–Crippen LogP) is 2.00. The van der Waals surface area contributed by atoms with Crippen LogP contribution in [0.25, 0.3) is 6.08 Å². The number of rotatable bonds is 5. The molecule has 1 aromatic carbocycles. The van der Waals surface area contributed by atoms with Gasteiger partial charge in [0.15, 0.2) is 5.11 Å². The van der Waals surface area contributed by atoms with E-state index in [-0.39, 0.29) is 10.7 Å². The van der Waals surface area contributed by atoms with Gasteiger partial charge in [-0.25, -0.2) is 0 Å². The van der Waals surface area contributed by atoms with Gasteiger partial charge in [0.05, 0.1) is 0 Å². The molecule has 120 valence electrons. The molecule has 1 heterocycles. The van der Waals surface area contributed by atoms with Crippen LogP contribution in [0.15, 0.2) is 42.0 Å². The maximum absolute atomic E-state index is 11.7. The average Bonchev–Trinajstić information content (AvgIpc) is 2.52. The highest BCUT2D eigenvalue weighted by molar-refractivity contribution is 7.80. The van der Waals surface area contributed by atoms with Crippen LogP contribution in [0.2, 0.25) is 0 Å². The second-order valence-electron chi connectivity index (χ2n) is 4.94. The number of amides is 2. The number of thiocarbonyl (C=S) groups is 1. The fourth-order valence-electron chi connectivity index (χ4n) is 2.27. The summed E-state index contributed by atoms with van der Waals surface area (Å²) in [6, 6.07) is 8.11. The Labute approximate surface area is 141 Å². The van der Waals surface area contributed by atoms with Crippen LogP contribution in [0.1, 0.15) is 19.4 Å². The molecule has 1 saturated heterocycles. The highest BCUT2D eigenvalue weighted by Crippen LogP contribution is 2.15. The van der Waals surface area contributed by atoms with Gasteiger partial charge in [-0.05, 0) is 49.8 Å². The first-order valence-electron chi connectivity index (χ1n) is 7.45. The topological polar surface area (TPSA) is 61.4 Å². The molecule has 0 radical (unpaired) electrons. The number of nitrogens with zero attached hydrogens (tertiary/aromatic N) is 1. The summed E-state index contributed by atoms with van der Waals surface area (Å²) in [7, 11) is 0. The van der Waals surface area contributed by atoms with Crippen molar-refractivity contribution in [2.75, 3.05) is 18.0 Å². The predicted molar refractivity (Wildman–Crippen MR) is 96.0 cm³/mol. The van der Waals surface area contributed by atoms with Crippen LogP contribution in [-0.4, -0.2) is 30.0 Å². The van der Waals surface area contributed by atoms with Crippen LogP contribution >= 0.6 is 12.2 Å². The Morgan fingerprint density at radius 2 is 1.61 bits per heavy atom. The fraction of sp³-hybridized carbons (Fsp3) is 0.235. The molecule has 2 rings (SSSR count). The number of carbonyl (C=O) groups excluding carboxylic acids is 2. The Bertz CT molecular complexity index is 652. The lowest BCUT2D eigenvalue weighted by molar-refractivity contribution is -0.123. The molecule has 2 N–H and O–H groups in total. The van der Waals surface area contributed by atoms with E-state index in [0.29, 0.717) is 0 Å². The van der Waals surface area contributed by atoms with E-state index >= 15 is 0 Å². The minimum absolute atomic E-state index is 0.0353.